The van der Waals surface area contributed by atoms with Gasteiger partial charge in [0.25, 0.3) is 5.69 Å². The Labute approximate surface area is 110 Å². The predicted octanol–water partition coefficient (Wildman–Crippen LogP) is 2.35. The maximum atomic E-state index is 14.1. The number of non-ortho nitro benzene ring substituents is 1. The van der Waals surface area contributed by atoms with E-state index in [1.807, 2.05) is 4.90 Å². The maximum Gasteiger partial charge on any atom is 0.272 e. The zero-order chi connectivity index (χ0) is 13.4. The number of anilines is 1. The zero-order valence-electron chi connectivity index (χ0n) is 10.4. The topological polar surface area (TPSA) is 55.6 Å². The van der Waals surface area contributed by atoms with Crippen molar-refractivity contribution < 1.29 is 14.1 Å². The molecule has 1 aromatic carbocycles. The van der Waals surface area contributed by atoms with Crippen molar-refractivity contribution in [3.8, 4) is 0 Å². The first-order valence-electron chi connectivity index (χ1n) is 6.45. The lowest BCUT2D eigenvalue weighted by Gasteiger charge is -2.37. The molecule has 1 heterocycles. The van der Waals surface area contributed by atoms with Gasteiger partial charge in [0.05, 0.1) is 35.9 Å². The van der Waals surface area contributed by atoms with Gasteiger partial charge >= 0.3 is 0 Å². The molecule has 5 nitrogen and oxygen atoms in total. The molecule has 0 N–H and O–H groups in total. The van der Waals surface area contributed by atoms with Crippen LogP contribution in [0, 0.1) is 21.8 Å². The first-order chi connectivity index (χ1) is 9.16. The summed E-state index contributed by atoms with van der Waals surface area (Å²) in [5.41, 5.74) is 0.239. The summed E-state index contributed by atoms with van der Waals surface area (Å²) >= 11 is 0. The smallest absolute Gasteiger partial charge is 0.272 e. The summed E-state index contributed by atoms with van der Waals surface area (Å²) in [5, 5.41) is 10.6. The van der Waals surface area contributed by atoms with E-state index in [4.69, 9.17) is 4.74 Å². The van der Waals surface area contributed by atoms with Crippen LogP contribution in [0.2, 0.25) is 0 Å². The molecule has 3 rings (SSSR count). The van der Waals surface area contributed by atoms with Gasteiger partial charge in [0.2, 0.25) is 0 Å². The van der Waals surface area contributed by atoms with Crippen LogP contribution in [0.5, 0.6) is 0 Å². The number of hydrogen-bond donors (Lipinski definition) is 0. The summed E-state index contributed by atoms with van der Waals surface area (Å²) in [7, 11) is 0. The fourth-order valence-electron chi connectivity index (χ4n) is 2.64. The number of nitrogens with zero attached hydrogens (tertiary/aromatic N) is 2. The molecular formula is C13H15FN2O3. The van der Waals surface area contributed by atoms with Gasteiger partial charge in [0, 0.05) is 12.6 Å². The first-order valence-corrected chi connectivity index (χ1v) is 6.45. The van der Waals surface area contributed by atoms with Crippen LogP contribution in [0.3, 0.4) is 0 Å². The molecule has 0 amide bonds. The summed E-state index contributed by atoms with van der Waals surface area (Å²) in [6, 6.07) is 4.06. The summed E-state index contributed by atoms with van der Waals surface area (Å²) < 4.78 is 19.5. The minimum Gasteiger partial charge on any atom is -0.377 e. The quantitative estimate of drug-likeness (QED) is 0.622. The van der Waals surface area contributed by atoms with Crippen molar-refractivity contribution in [3.63, 3.8) is 0 Å². The second kappa shape index (κ2) is 4.77. The Balaban J connectivity index is 1.89. The van der Waals surface area contributed by atoms with Gasteiger partial charge in [0.1, 0.15) is 0 Å². The normalized spacial score (nSPS) is 23.4. The lowest BCUT2D eigenvalue weighted by atomic mass is 10.1. The molecule has 102 valence electrons. The Hall–Kier alpha value is -1.69. The lowest BCUT2D eigenvalue weighted by molar-refractivity contribution is -0.385. The Morgan fingerprint density at radius 1 is 1.42 bits per heavy atom. The van der Waals surface area contributed by atoms with Crippen molar-refractivity contribution in [1.29, 1.82) is 0 Å². The highest BCUT2D eigenvalue weighted by Crippen LogP contribution is 2.39. The summed E-state index contributed by atoms with van der Waals surface area (Å²) in [6.07, 6.45) is 2.30. The van der Waals surface area contributed by atoms with Crippen molar-refractivity contribution in [2.75, 3.05) is 24.7 Å². The van der Waals surface area contributed by atoms with E-state index in [0.29, 0.717) is 31.4 Å². The molecule has 0 aromatic heterocycles. The first kappa shape index (κ1) is 12.3. The average Bonchev–Trinajstić information content (AvgIpc) is 3.23. The fraction of sp³-hybridized carbons (Fsp3) is 0.538. The number of halogens is 1. The monoisotopic (exact) mass is 266 g/mol. The van der Waals surface area contributed by atoms with E-state index in [0.717, 1.165) is 18.9 Å². The van der Waals surface area contributed by atoms with Gasteiger partial charge in [-0.3, -0.25) is 10.1 Å². The van der Waals surface area contributed by atoms with Gasteiger partial charge in [-0.1, -0.05) is 0 Å². The summed E-state index contributed by atoms with van der Waals surface area (Å²) in [5.74, 6) is 0.0386. The molecule has 2 fully saturated rings. The Kier molecular flexibility index (Phi) is 3.10. The molecule has 19 heavy (non-hydrogen) atoms. The molecule has 0 spiro atoms. The molecule has 2 aliphatic rings. The molecule has 1 aliphatic carbocycles. The molecule has 1 saturated carbocycles. The molecule has 1 aliphatic heterocycles. The van der Waals surface area contributed by atoms with Crippen LogP contribution in [0.4, 0.5) is 15.8 Å². The van der Waals surface area contributed by atoms with Crippen molar-refractivity contribution in [1.82, 2.24) is 0 Å². The highest BCUT2D eigenvalue weighted by molar-refractivity contribution is 5.53. The predicted molar refractivity (Wildman–Crippen MR) is 67.7 cm³/mol. The van der Waals surface area contributed by atoms with Crippen LogP contribution < -0.4 is 4.90 Å². The van der Waals surface area contributed by atoms with Gasteiger partial charge in [-0.25, -0.2) is 4.39 Å². The van der Waals surface area contributed by atoms with Crippen LogP contribution in [0.15, 0.2) is 18.2 Å². The molecule has 1 aromatic rings. The molecule has 6 heteroatoms. The number of ether oxygens (including phenoxy) is 1. The summed E-state index contributed by atoms with van der Waals surface area (Å²) in [4.78, 5) is 12.0. The molecular weight excluding hydrogens is 251 g/mol. The fourth-order valence-corrected chi connectivity index (χ4v) is 2.64. The molecule has 0 bridgehead atoms. The van der Waals surface area contributed by atoms with Crippen LogP contribution in [-0.2, 0) is 4.74 Å². The Morgan fingerprint density at radius 2 is 2.21 bits per heavy atom. The Bertz CT molecular complexity index is 505. The number of hydrogen-bond acceptors (Lipinski definition) is 4. The number of benzene rings is 1. The molecule has 0 radical (unpaired) electrons. The van der Waals surface area contributed by atoms with Crippen molar-refractivity contribution >= 4 is 11.4 Å². The highest BCUT2D eigenvalue weighted by atomic mass is 19.1. The second-order valence-electron chi connectivity index (χ2n) is 5.07. The number of morpholine rings is 1. The van der Waals surface area contributed by atoms with Crippen LogP contribution in [-0.4, -0.2) is 30.7 Å². The van der Waals surface area contributed by atoms with Crippen molar-refractivity contribution in [2.45, 2.75) is 18.9 Å². The van der Waals surface area contributed by atoms with E-state index in [1.165, 1.54) is 12.1 Å². The van der Waals surface area contributed by atoms with Gasteiger partial charge in [-0.15, -0.1) is 0 Å². The molecule has 1 saturated heterocycles. The highest BCUT2D eigenvalue weighted by Gasteiger charge is 2.38. The average molecular weight is 266 g/mol. The second-order valence-corrected chi connectivity index (χ2v) is 5.07. The third-order valence-electron chi connectivity index (χ3n) is 3.78. The number of rotatable bonds is 3. The maximum absolute atomic E-state index is 14.1. The van der Waals surface area contributed by atoms with E-state index in [2.05, 4.69) is 0 Å². The van der Waals surface area contributed by atoms with Crippen LogP contribution in [0.1, 0.15) is 12.8 Å². The number of nitro benzene ring substituents is 1. The van der Waals surface area contributed by atoms with E-state index in [1.54, 1.807) is 0 Å². The SMILES string of the molecule is O=[N+]([O-])c1ccc(N2CCOC[C@H]2C2CC2)c(F)c1. The molecule has 0 unspecified atom stereocenters. The van der Waals surface area contributed by atoms with Crippen molar-refractivity contribution in [2.24, 2.45) is 5.92 Å². The van der Waals surface area contributed by atoms with Gasteiger partial charge < -0.3 is 9.64 Å². The molecule has 1 atom stereocenters. The number of nitro groups is 1. The van der Waals surface area contributed by atoms with Gasteiger partial charge in [-0.05, 0) is 24.8 Å². The minimum atomic E-state index is -0.579. The van der Waals surface area contributed by atoms with E-state index in [-0.39, 0.29) is 11.7 Å². The van der Waals surface area contributed by atoms with Crippen molar-refractivity contribution in [3.05, 3.63) is 34.1 Å². The van der Waals surface area contributed by atoms with Gasteiger partial charge in [-0.2, -0.15) is 0 Å². The minimum absolute atomic E-state index is 0.199. The largest absolute Gasteiger partial charge is 0.377 e. The van der Waals surface area contributed by atoms with E-state index >= 15 is 0 Å². The lowest BCUT2D eigenvalue weighted by Crippen LogP contribution is -2.47. The summed E-state index contributed by atoms with van der Waals surface area (Å²) in [6.45, 7) is 1.82. The van der Waals surface area contributed by atoms with E-state index in [9.17, 15) is 14.5 Å². The third kappa shape index (κ3) is 2.40. The van der Waals surface area contributed by atoms with Crippen LogP contribution in [0.25, 0.3) is 0 Å². The van der Waals surface area contributed by atoms with Gasteiger partial charge in [0.15, 0.2) is 5.82 Å². The zero-order valence-corrected chi connectivity index (χ0v) is 10.4. The van der Waals surface area contributed by atoms with E-state index < -0.39 is 10.7 Å². The third-order valence-corrected chi connectivity index (χ3v) is 3.78. The standard InChI is InChI=1S/C13H15FN2O3/c14-11-7-10(16(17)18)3-4-12(11)15-5-6-19-8-13(15)9-1-2-9/h3-4,7,9,13H,1-2,5-6,8H2/t13-/m0/s1. The van der Waals surface area contributed by atoms with Crippen LogP contribution >= 0.6 is 0 Å². The Morgan fingerprint density at radius 3 is 2.84 bits per heavy atom.